The van der Waals surface area contributed by atoms with Crippen molar-refractivity contribution in [3.8, 4) is 5.75 Å². The number of rotatable bonds is 3. The van der Waals surface area contributed by atoms with Crippen LogP contribution in [-0.2, 0) is 9.59 Å². The van der Waals surface area contributed by atoms with E-state index in [-0.39, 0.29) is 25.0 Å². The normalized spacial score (nSPS) is 17.2. The van der Waals surface area contributed by atoms with E-state index >= 15 is 0 Å². The molecular weight excluding hydrogens is 268 g/mol. The molecule has 1 N–H and O–H groups in total. The maximum Gasteiger partial charge on any atom is 0.262 e. The molecule has 0 bridgehead atoms. The van der Waals surface area contributed by atoms with Gasteiger partial charge in [0.15, 0.2) is 6.61 Å². The quantitative estimate of drug-likeness (QED) is 0.912. The van der Waals surface area contributed by atoms with E-state index in [2.05, 4.69) is 5.32 Å². The van der Waals surface area contributed by atoms with Crippen molar-refractivity contribution in [3.05, 3.63) is 29.3 Å². The third-order valence-electron chi connectivity index (χ3n) is 2.90. The van der Waals surface area contributed by atoms with Gasteiger partial charge >= 0.3 is 0 Å². The van der Waals surface area contributed by atoms with Gasteiger partial charge in [-0.1, -0.05) is 11.6 Å². The topological polar surface area (TPSA) is 58.6 Å². The summed E-state index contributed by atoms with van der Waals surface area (Å²) in [7, 11) is 0. The Morgan fingerprint density at radius 3 is 2.58 bits per heavy atom. The van der Waals surface area contributed by atoms with Crippen molar-refractivity contribution >= 4 is 23.4 Å². The fourth-order valence-corrected chi connectivity index (χ4v) is 2.07. The van der Waals surface area contributed by atoms with Gasteiger partial charge in [-0.25, -0.2) is 0 Å². The van der Waals surface area contributed by atoms with E-state index in [9.17, 15) is 9.59 Å². The molecule has 0 aromatic heterocycles. The highest BCUT2D eigenvalue weighted by atomic mass is 35.5. The van der Waals surface area contributed by atoms with Crippen LogP contribution >= 0.6 is 11.6 Å². The van der Waals surface area contributed by atoms with Gasteiger partial charge in [-0.2, -0.15) is 0 Å². The molecule has 1 saturated heterocycles. The SMILES string of the molecule is CC1(C)NC(=O)CN1C(=O)COc1ccc(Cl)cc1. The molecule has 6 heteroatoms. The van der Waals surface area contributed by atoms with Crippen LogP contribution in [-0.4, -0.2) is 35.5 Å². The number of hydrogen-bond donors (Lipinski definition) is 1. The Morgan fingerprint density at radius 1 is 1.42 bits per heavy atom. The molecular formula is C13H15ClN2O3. The second-order valence-corrected chi connectivity index (χ2v) is 5.27. The van der Waals surface area contributed by atoms with Crippen LogP contribution in [0.25, 0.3) is 0 Å². The number of carbonyl (C=O) groups is 2. The largest absolute Gasteiger partial charge is 0.484 e. The van der Waals surface area contributed by atoms with E-state index in [1.165, 1.54) is 4.90 Å². The number of benzene rings is 1. The Labute approximate surface area is 116 Å². The average molecular weight is 283 g/mol. The molecule has 0 saturated carbocycles. The van der Waals surface area contributed by atoms with Gasteiger partial charge in [0.25, 0.3) is 5.91 Å². The fraction of sp³-hybridized carbons (Fsp3) is 0.385. The molecule has 0 aliphatic carbocycles. The van der Waals surface area contributed by atoms with E-state index in [1.54, 1.807) is 38.1 Å². The second-order valence-electron chi connectivity index (χ2n) is 4.83. The van der Waals surface area contributed by atoms with E-state index in [4.69, 9.17) is 16.3 Å². The Bertz CT molecular complexity index is 499. The summed E-state index contributed by atoms with van der Waals surface area (Å²) in [5, 5.41) is 3.33. The molecule has 102 valence electrons. The highest BCUT2D eigenvalue weighted by Crippen LogP contribution is 2.18. The number of carbonyl (C=O) groups excluding carboxylic acids is 2. The van der Waals surface area contributed by atoms with Crippen LogP contribution in [0.4, 0.5) is 0 Å². The lowest BCUT2D eigenvalue weighted by Crippen LogP contribution is -2.50. The van der Waals surface area contributed by atoms with E-state index in [0.29, 0.717) is 10.8 Å². The van der Waals surface area contributed by atoms with Crippen molar-refractivity contribution in [1.82, 2.24) is 10.2 Å². The smallest absolute Gasteiger partial charge is 0.262 e. The molecule has 1 aliphatic heterocycles. The van der Waals surface area contributed by atoms with E-state index in [1.807, 2.05) is 0 Å². The summed E-state index contributed by atoms with van der Waals surface area (Å²) in [6.45, 7) is 3.51. The van der Waals surface area contributed by atoms with Crippen LogP contribution in [0, 0.1) is 0 Å². The summed E-state index contributed by atoms with van der Waals surface area (Å²) in [6.07, 6.45) is 0. The summed E-state index contributed by atoms with van der Waals surface area (Å²) < 4.78 is 5.37. The van der Waals surface area contributed by atoms with Crippen LogP contribution in [0.3, 0.4) is 0 Å². The minimum absolute atomic E-state index is 0.0653. The van der Waals surface area contributed by atoms with Crippen molar-refractivity contribution in [1.29, 1.82) is 0 Å². The highest BCUT2D eigenvalue weighted by molar-refractivity contribution is 6.30. The first-order valence-corrected chi connectivity index (χ1v) is 6.26. The lowest BCUT2D eigenvalue weighted by Gasteiger charge is -2.30. The molecule has 1 fully saturated rings. The number of nitrogens with zero attached hydrogens (tertiary/aromatic N) is 1. The first-order chi connectivity index (χ1) is 8.88. The zero-order valence-electron chi connectivity index (χ0n) is 10.8. The summed E-state index contributed by atoms with van der Waals surface area (Å²) >= 11 is 5.75. The zero-order valence-corrected chi connectivity index (χ0v) is 11.5. The maximum absolute atomic E-state index is 12.0. The number of amides is 2. The predicted molar refractivity (Wildman–Crippen MR) is 70.9 cm³/mol. The van der Waals surface area contributed by atoms with Gasteiger partial charge < -0.3 is 15.0 Å². The highest BCUT2D eigenvalue weighted by Gasteiger charge is 2.39. The van der Waals surface area contributed by atoms with Crippen molar-refractivity contribution < 1.29 is 14.3 Å². The van der Waals surface area contributed by atoms with Crippen LogP contribution in [0.2, 0.25) is 5.02 Å². The third-order valence-corrected chi connectivity index (χ3v) is 3.15. The Hall–Kier alpha value is -1.75. The van der Waals surface area contributed by atoms with Gasteiger partial charge in [-0.15, -0.1) is 0 Å². The zero-order chi connectivity index (χ0) is 14.0. The van der Waals surface area contributed by atoms with Gasteiger partial charge in [-0.05, 0) is 38.1 Å². The van der Waals surface area contributed by atoms with Crippen molar-refractivity contribution in [2.75, 3.05) is 13.2 Å². The summed E-state index contributed by atoms with van der Waals surface area (Å²) in [4.78, 5) is 24.8. The summed E-state index contributed by atoms with van der Waals surface area (Å²) in [6, 6.07) is 6.75. The number of hydrogen-bond acceptors (Lipinski definition) is 3. The molecule has 2 amide bonds. The van der Waals surface area contributed by atoms with Crippen LogP contribution in [0.15, 0.2) is 24.3 Å². The van der Waals surface area contributed by atoms with Crippen molar-refractivity contribution in [3.63, 3.8) is 0 Å². The molecule has 1 aromatic carbocycles. The number of ether oxygens (including phenoxy) is 1. The van der Waals surface area contributed by atoms with Crippen LogP contribution in [0.5, 0.6) is 5.75 Å². The first-order valence-electron chi connectivity index (χ1n) is 5.88. The molecule has 1 aliphatic rings. The van der Waals surface area contributed by atoms with Gasteiger partial charge in [0.05, 0.1) is 0 Å². The molecule has 1 aromatic rings. The Morgan fingerprint density at radius 2 is 2.05 bits per heavy atom. The van der Waals surface area contributed by atoms with Gasteiger partial charge in [0.2, 0.25) is 5.91 Å². The summed E-state index contributed by atoms with van der Waals surface area (Å²) in [5.74, 6) is 0.164. The molecule has 0 radical (unpaired) electrons. The average Bonchev–Trinajstić information content (AvgIpc) is 2.61. The van der Waals surface area contributed by atoms with Gasteiger partial charge in [0.1, 0.15) is 18.0 Å². The van der Waals surface area contributed by atoms with Crippen molar-refractivity contribution in [2.45, 2.75) is 19.5 Å². The monoisotopic (exact) mass is 282 g/mol. The van der Waals surface area contributed by atoms with Gasteiger partial charge in [0, 0.05) is 5.02 Å². The molecule has 0 unspecified atom stereocenters. The predicted octanol–water partition coefficient (Wildman–Crippen LogP) is 1.41. The molecule has 1 heterocycles. The molecule has 5 nitrogen and oxygen atoms in total. The lowest BCUT2D eigenvalue weighted by molar-refractivity contribution is -0.137. The standard InChI is InChI=1S/C13H15ClN2O3/c1-13(2)15-11(17)7-16(13)12(18)8-19-10-5-3-9(14)4-6-10/h3-6H,7-8H2,1-2H3,(H,15,17). The fourth-order valence-electron chi connectivity index (χ4n) is 1.94. The minimum Gasteiger partial charge on any atom is -0.484 e. The van der Waals surface area contributed by atoms with Gasteiger partial charge in [-0.3, -0.25) is 9.59 Å². The Kier molecular flexibility index (Phi) is 3.66. The maximum atomic E-state index is 12.0. The summed E-state index contributed by atoms with van der Waals surface area (Å²) in [5.41, 5.74) is -0.669. The molecule has 19 heavy (non-hydrogen) atoms. The Balaban J connectivity index is 1.95. The van der Waals surface area contributed by atoms with E-state index < -0.39 is 5.66 Å². The molecule has 0 spiro atoms. The van der Waals surface area contributed by atoms with Crippen molar-refractivity contribution in [2.24, 2.45) is 0 Å². The number of halogens is 1. The van der Waals surface area contributed by atoms with E-state index in [0.717, 1.165) is 0 Å². The minimum atomic E-state index is -0.669. The first kappa shape index (κ1) is 13.7. The lowest BCUT2D eigenvalue weighted by atomic mass is 10.2. The second kappa shape index (κ2) is 5.09. The molecule has 2 rings (SSSR count). The third kappa shape index (κ3) is 3.17. The number of nitrogens with one attached hydrogen (secondary N) is 1. The van der Waals surface area contributed by atoms with Crippen LogP contribution in [0.1, 0.15) is 13.8 Å². The molecule has 0 atom stereocenters. The van der Waals surface area contributed by atoms with Crippen LogP contribution < -0.4 is 10.1 Å².